The first-order valence-corrected chi connectivity index (χ1v) is 12.6. The maximum Gasteiger partial charge on any atom is 0.303 e. The molecular weight excluding hydrogens is 538 g/mol. The second-order valence-electron chi connectivity index (χ2n) is 9.40. The number of allylic oxidation sites excluding steroid dienone is 6. The van der Waals surface area contributed by atoms with Gasteiger partial charge in [-0.1, -0.05) is 54.7 Å². The van der Waals surface area contributed by atoms with E-state index in [2.05, 4.69) is 6.08 Å². The Hall–Kier alpha value is -0.660. The van der Waals surface area contributed by atoms with Gasteiger partial charge in [-0.15, -0.1) is 23.2 Å². The molecule has 4 aliphatic carbocycles. The van der Waals surface area contributed by atoms with E-state index in [0.29, 0.717) is 12.8 Å². The third kappa shape index (κ3) is 2.67. The first kappa shape index (κ1) is 22.5. The van der Waals surface area contributed by atoms with Gasteiger partial charge >= 0.3 is 5.97 Å². The first-order chi connectivity index (χ1) is 14.0. The molecule has 7 atom stereocenters. The summed E-state index contributed by atoms with van der Waals surface area (Å²) in [6.45, 7) is 5.42. The number of carbonyl (C=O) groups excluding carboxylic acids is 3. The predicted octanol–water partition coefficient (Wildman–Crippen LogP) is 4.96. The van der Waals surface area contributed by atoms with Crippen LogP contribution in [-0.2, 0) is 19.1 Å². The molecule has 4 rings (SSSR count). The number of rotatable bonds is 3. The highest BCUT2D eigenvalue weighted by molar-refractivity contribution is 14.1. The summed E-state index contributed by atoms with van der Waals surface area (Å²) in [4.78, 5) is 36.3. The Bertz CT molecular complexity index is 926. The fourth-order valence-corrected chi connectivity index (χ4v) is 8.42. The van der Waals surface area contributed by atoms with Crippen molar-refractivity contribution >= 4 is 63.3 Å². The maximum absolute atomic E-state index is 13.2. The average molecular weight is 563 g/mol. The number of alkyl halides is 3. The second-order valence-corrected chi connectivity index (χ2v) is 11.3. The van der Waals surface area contributed by atoms with Crippen LogP contribution < -0.4 is 0 Å². The molecule has 0 heterocycles. The zero-order chi connectivity index (χ0) is 22.1. The van der Waals surface area contributed by atoms with Gasteiger partial charge in [0, 0.05) is 23.7 Å². The summed E-state index contributed by atoms with van der Waals surface area (Å²) >= 11 is 16.6. The summed E-state index contributed by atoms with van der Waals surface area (Å²) in [5.74, 6) is -0.672. The molecule has 30 heavy (non-hydrogen) atoms. The minimum atomic E-state index is -1.18. The van der Waals surface area contributed by atoms with Crippen LogP contribution in [0.15, 0.2) is 36.0 Å². The van der Waals surface area contributed by atoms with Crippen molar-refractivity contribution in [3.05, 3.63) is 36.0 Å². The Labute approximate surface area is 200 Å². The molecular formula is C23H25Cl2IO4. The molecule has 0 aromatic heterocycles. The van der Waals surface area contributed by atoms with Crippen molar-refractivity contribution in [2.24, 2.45) is 22.7 Å². The zero-order valence-corrected chi connectivity index (χ0v) is 20.9. The molecule has 2 fully saturated rings. The summed E-state index contributed by atoms with van der Waals surface area (Å²) in [5, 5.41) is -0.489. The molecule has 0 aliphatic heterocycles. The van der Waals surface area contributed by atoms with Gasteiger partial charge in [-0.05, 0) is 42.9 Å². The Balaban J connectivity index is 1.87. The van der Waals surface area contributed by atoms with E-state index in [1.54, 1.807) is 12.2 Å². The molecule has 0 radical (unpaired) electrons. The Morgan fingerprint density at radius 3 is 2.63 bits per heavy atom. The van der Waals surface area contributed by atoms with Crippen molar-refractivity contribution in [2.45, 2.75) is 55.9 Å². The molecule has 4 nitrogen and oxygen atoms in total. The van der Waals surface area contributed by atoms with Crippen LogP contribution in [0.25, 0.3) is 0 Å². The van der Waals surface area contributed by atoms with E-state index in [4.69, 9.17) is 27.9 Å². The SMILES string of the molecule is CC(=O)O[C@]1(C(=O)CI)CC[C@H]2[C@@H]3C=CC4=CC(=O)C=C[C@]4(C)[C@@]3(Cl)C(Cl)C[C@@]21C. The molecule has 0 aromatic rings. The van der Waals surface area contributed by atoms with Gasteiger partial charge in [-0.2, -0.15) is 0 Å². The second kappa shape index (κ2) is 7.17. The van der Waals surface area contributed by atoms with Crippen LogP contribution in [0.5, 0.6) is 0 Å². The number of Topliss-reactive ketones (excluding diaryl/α,β-unsaturated/α-hetero) is 1. The zero-order valence-electron chi connectivity index (χ0n) is 17.2. The number of hydrogen-bond donors (Lipinski definition) is 0. The Kier molecular flexibility index (Phi) is 5.39. The van der Waals surface area contributed by atoms with Crippen molar-refractivity contribution in [3.63, 3.8) is 0 Å². The van der Waals surface area contributed by atoms with Gasteiger partial charge in [0.15, 0.2) is 17.2 Å². The minimum Gasteiger partial charge on any atom is -0.451 e. The standard InChI is InChI=1S/C23H25Cl2IO4/c1-13(27)30-22(19(29)12-26)9-7-16-17-5-4-14-10-15(28)6-8-20(14,2)23(17,25)18(24)11-21(16,22)3/h4-6,8,10,16-18H,7,9,11-12H2,1-3H3/t16-,17-,18?,20-,21-,22-,23-/m0/s1. The van der Waals surface area contributed by atoms with Gasteiger partial charge in [-0.3, -0.25) is 14.4 Å². The number of ether oxygens (including phenoxy) is 1. The average Bonchev–Trinajstić information content (AvgIpc) is 2.95. The topological polar surface area (TPSA) is 60.4 Å². The van der Waals surface area contributed by atoms with E-state index in [-0.39, 0.29) is 27.8 Å². The van der Waals surface area contributed by atoms with Crippen molar-refractivity contribution in [2.75, 3.05) is 4.43 Å². The van der Waals surface area contributed by atoms with Crippen molar-refractivity contribution < 1.29 is 19.1 Å². The lowest BCUT2D eigenvalue weighted by molar-refractivity contribution is -0.183. The molecule has 7 heteroatoms. The summed E-state index contributed by atoms with van der Waals surface area (Å²) in [7, 11) is 0. The molecule has 0 saturated heterocycles. The van der Waals surface area contributed by atoms with E-state index < -0.39 is 32.7 Å². The molecule has 162 valence electrons. The molecule has 0 N–H and O–H groups in total. The van der Waals surface area contributed by atoms with Gasteiger partial charge in [-0.25, -0.2) is 0 Å². The van der Waals surface area contributed by atoms with Crippen LogP contribution >= 0.6 is 45.8 Å². The molecule has 0 bridgehead atoms. The number of halogens is 3. The molecule has 1 unspecified atom stereocenters. The first-order valence-electron chi connectivity index (χ1n) is 10.2. The highest BCUT2D eigenvalue weighted by Gasteiger charge is 2.73. The molecule has 0 amide bonds. The lowest BCUT2D eigenvalue weighted by Crippen LogP contribution is -2.67. The van der Waals surface area contributed by atoms with Crippen molar-refractivity contribution in [1.82, 2.24) is 0 Å². The normalized spacial score (nSPS) is 46.5. The third-order valence-electron chi connectivity index (χ3n) is 8.17. The fraction of sp³-hybridized carbons (Fsp3) is 0.609. The van der Waals surface area contributed by atoms with Gasteiger partial charge < -0.3 is 4.74 Å². The highest BCUT2D eigenvalue weighted by Crippen LogP contribution is 2.70. The number of fused-ring (bicyclic) bond motifs is 5. The summed E-state index contributed by atoms with van der Waals surface area (Å²) in [6.07, 6.45) is 10.8. The predicted molar refractivity (Wildman–Crippen MR) is 125 cm³/mol. The number of esters is 1. The van der Waals surface area contributed by atoms with Gasteiger partial charge in [0.25, 0.3) is 0 Å². The van der Waals surface area contributed by atoms with E-state index in [1.807, 2.05) is 48.6 Å². The summed E-state index contributed by atoms with van der Waals surface area (Å²) in [5.41, 5.74) is -1.54. The summed E-state index contributed by atoms with van der Waals surface area (Å²) in [6, 6.07) is 0. The number of ketones is 2. The van der Waals surface area contributed by atoms with Gasteiger partial charge in [0.1, 0.15) is 0 Å². The smallest absolute Gasteiger partial charge is 0.303 e. The Morgan fingerprint density at radius 2 is 2.00 bits per heavy atom. The van der Waals surface area contributed by atoms with E-state index in [1.165, 1.54) is 6.92 Å². The summed E-state index contributed by atoms with van der Waals surface area (Å²) < 4.78 is 6.11. The molecule has 0 aromatic carbocycles. The van der Waals surface area contributed by atoms with Crippen LogP contribution in [0, 0.1) is 22.7 Å². The van der Waals surface area contributed by atoms with Crippen LogP contribution in [0.3, 0.4) is 0 Å². The minimum absolute atomic E-state index is 0.0249. The Morgan fingerprint density at radius 1 is 1.30 bits per heavy atom. The van der Waals surface area contributed by atoms with Crippen LogP contribution in [0.2, 0.25) is 0 Å². The number of carbonyl (C=O) groups is 3. The highest BCUT2D eigenvalue weighted by atomic mass is 127. The van der Waals surface area contributed by atoms with Crippen LogP contribution in [0.4, 0.5) is 0 Å². The van der Waals surface area contributed by atoms with Gasteiger partial charge in [0.2, 0.25) is 0 Å². The fourth-order valence-electron chi connectivity index (χ4n) is 6.63. The maximum atomic E-state index is 13.2. The van der Waals surface area contributed by atoms with Gasteiger partial charge in [0.05, 0.1) is 14.7 Å². The van der Waals surface area contributed by atoms with Crippen molar-refractivity contribution in [3.8, 4) is 0 Å². The molecule has 2 saturated carbocycles. The number of hydrogen-bond acceptors (Lipinski definition) is 4. The quantitative estimate of drug-likeness (QED) is 0.277. The third-order valence-corrected chi connectivity index (χ3v) is 10.4. The molecule has 4 aliphatic rings. The largest absolute Gasteiger partial charge is 0.451 e. The monoisotopic (exact) mass is 562 g/mol. The van der Waals surface area contributed by atoms with Crippen LogP contribution in [-0.4, -0.2) is 37.8 Å². The van der Waals surface area contributed by atoms with Crippen LogP contribution in [0.1, 0.15) is 40.0 Å². The lowest BCUT2D eigenvalue weighted by atomic mass is 9.48. The van der Waals surface area contributed by atoms with E-state index in [0.717, 1.165) is 12.0 Å². The molecule has 0 spiro atoms. The van der Waals surface area contributed by atoms with E-state index >= 15 is 0 Å². The lowest BCUT2D eigenvalue weighted by Gasteiger charge is -2.62. The van der Waals surface area contributed by atoms with E-state index in [9.17, 15) is 14.4 Å². The van der Waals surface area contributed by atoms with Crippen molar-refractivity contribution in [1.29, 1.82) is 0 Å².